The van der Waals surface area contributed by atoms with Crippen molar-refractivity contribution in [2.45, 2.75) is 43.7 Å². The van der Waals surface area contributed by atoms with Gasteiger partial charge in [0.05, 0.1) is 6.42 Å². The highest BCUT2D eigenvalue weighted by Gasteiger charge is 2.43. The summed E-state index contributed by atoms with van der Waals surface area (Å²) in [6.07, 6.45) is 1.16. The molecule has 3 amide bonds. The third-order valence-corrected chi connectivity index (χ3v) is 6.66. The van der Waals surface area contributed by atoms with Crippen LogP contribution in [-0.4, -0.2) is 52.7 Å². The van der Waals surface area contributed by atoms with Crippen molar-refractivity contribution < 1.29 is 29.0 Å². The molecule has 1 heterocycles. The minimum atomic E-state index is -1.30. The summed E-state index contributed by atoms with van der Waals surface area (Å²) in [5.74, 6) is -2.34. The zero-order valence-corrected chi connectivity index (χ0v) is 18.4. The molecule has 5 rings (SSSR count). The standard InChI is InChI=1S/C25H25N3O6/c29-22-12-21(24(31)32)28(27-22)23(30)20(11-14-9-10-14)26-25(33)34-13-19-17-7-3-1-5-15(17)16-6-2-4-8-18(16)19/h1-8,14,19-21H,9-13H2,(H,26,33)(H,27,29)(H,31,32)/t20-,21?/m0/s1. The molecular formula is C25H25N3O6. The number of fused-ring (bicyclic) bond motifs is 3. The number of nitrogens with zero attached hydrogens (tertiary/aromatic N) is 1. The Labute approximate surface area is 196 Å². The van der Waals surface area contributed by atoms with Gasteiger partial charge in [-0.2, -0.15) is 0 Å². The zero-order valence-electron chi connectivity index (χ0n) is 18.4. The third-order valence-electron chi connectivity index (χ3n) is 6.66. The van der Waals surface area contributed by atoms with Crippen molar-refractivity contribution in [1.29, 1.82) is 0 Å². The predicted octanol–water partition coefficient (Wildman–Crippen LogP) is 2.41. The molecular weight excluding hydrogens is 438 g/mol. The van der Waals surface area contributed by atoms with Crippen LogP contribution in [0.2, 0.25) is 0 Å². The number of hydrogen-bond acceptors (Lipinski definition) is 5. The van der Waals surface area contributed by atoms with Crippen LogP contribution in [0.5, 0.6) is 0 Å². The molecule has 1 saturated carbocycles. The summed E-state index contributed by atoms with van der Waals surface area (Å²) in [4.78, 5) is 49.0. The fraction of sp³-hybridized carbons (Fsp3) is 0.360. The van der Waals surface area contributed by atoms with E-state index in [4.69, 9.17) is 4.74 Å². The van der Waals surface area contributed by atoms with Crippen molar-refractivity contribution >= 4 is 23.9 Å². The molecule has 0 bridgehead atoms. The van der Waals surface area contributed by atoms with Gasteiger partial charge in [0.1, 0.15) is 12.6 Å². The number of carbonyl (C=O) groups is 4. The van der Waals surface area contributed by atoms with E-state index in [1.54, 1.807) is 0 Å². The first kappa shape index (κ1) is 21.9. The summed E-state index contributed by atoms with van der Waals surface area (Å²) in [6.45, 7) is 0.0996. The lowest BCUT2D eigenvalue weighted by Gasteiger charge is -2.26. The summed E-state index contributed by atoms with van der Waals surface area (Å²) in [5, 5.41) is 12.8. The minimum Gasteiger partial charge on any atom is -0.480 e. The topological polar surface area (TPSA) is 125 Å². The second kappa shape index (κ2) is 8.81. The van der Waals surface area contributed by atoms with Crippen molar-refractivity contribution in [3.63, 3.8) is 0 Å². The molecule has 0 aromatic heterocycles. The molecule has 2 aromatic rings. The highest BCUT2D eigenvalue weighted by atomic mass is 16.5. The van der Waals surface area contributed by atoms with E-state index < -0.39 is 36.0 Å². The number of alkyl carbamates (subject to hydrolysis) is 1. The number of hydrogen-bond donors (Lipinski definition) is 3. The first-order valence-corrected chi connectivity index (χ1v) is 11.4. The fourth-order valence-electron chi connectivity index (χ4n) is 4.79. The van der Waals surface area contributed by atoms with E-state index in [9.17, 15) is 24.3 Å². The quantitative estimate of drug-likeness (QED) is 0.579. The van der Waals surface area contributed by atoms with Gasteiger partial charge < -0.3 is 15.2 Å². The number of benzene rings is 2. The van der Waals surface area contributed by atoms with Gasteiger partial charge in [0.25, 0.3) is 5.91 Å². The molecule has 2 aromatic carbocycles. The van der Waals surface area contributed by atoms with Gasteiger partial charge in [-0.3, -0.25) is 15.0 Å². The van der Waals surface area contributed by atoms with E-state index in [-0.39, 0.29) is 24.9 Å². The van der Waals surface area contributed by atoms with E-state index in [0.29, 0.717) is 6.42 Å². The molecule has 1 aliphatic heterocycles. The first-order chi connectivity index (χ1) is 16.4. The SMILES string of the molecule is O=C1CC(C(=O)O)N(C(=O)[C@H](CC2CC2)NC(=O)OCC2c3ccccc3-c3ccccc32)N1. The summed E-state index contributed by atoms with van der Waals surface area (Å²) in [5.41, 5.74) is 6.67. The van der Waals surface area contributed by atoms with E-state index >= 15 is 0 Å². The van der Waals surface area contributed by atoms with Gasteiger partial charge in [0.15, 0.2) is 6.04 Å². The summed E-state index contributed by atoms with van der Waals surface area (Å²) in [7, 11) is 0. The van der Waals surface area contributed by atoms with Crippen LogP contribution in [0, 0.1) is 5.92 Å². The van der Waals surface area contributed by atoms with Crippen LogP contribution in [0.25, 0.3) is 11.1 Å². The van der Waals surface area contributed by atoms with E-state index in [1.807, 2.05) is 48.5 Å². The maximum atomic E-state index is 13.1. The van der Waals surface area contributed by atoms with Crippen molar-refractivity contribution in [1.82, 2.24) is 15.8 Å². The van der Waals surface area contributed by atoms with Crippen LogP contribution in [0.1, 0.15) is 42.7 Å². The summed E-state index contributed by atoms with van der Waals surface area (Å²) >= 11 is 0. The molecule has 3 N–H and O–H groups in total. The van der Waals surface area contributed by atoms with Crippen molar-refractivity contribution in [3.05, 3.63) is 59.7 Å². The Hall–Kier alpha value is -3.88. The van der Waals surface area contributed by atoms with E-state index in [1.165, 1.54) is 0 Å². The molecule has 2 atom stereocenters. The number of nitrogens with one attached hydrogen (secondary N) is 2. The summed E-state index contributed by atoms with van der Waals surface area (Å²) in [6, 6.07) is 13.7. The number of ether oxygens (including phenoxy) is 1. The average Bonchev–Trinajstić information content (AvgIpc) is 3.47. The van der Waals surface area contributed by atoms with Crippen molar-refractivity contribution in [2.24, 2.45) is 5.92 Å². The van der Waals surface area contributed by atoms with Crippen LogP contribution in [0.3, 0.4) is 0 Å². The second-order valence-corrected chi connectivity index (χ2v) is 9.00. The molecule has 176 valence electrons. The predicted molar refractivity (Wildman–Crippen MR) is 120 cm³/mol. The van der Waals surface area contributed by atoms with Crippen LogP contribution >= 0.6 is 0 Å². The Morgan fingerprint density at radius 2 is 1.68 bits per heavy atom. The highest BCUT2D eigenvalue weighted by Crippen LogP contribution is 2.44. The van der Waals surface area contributed by atoms with Crippen LogP contribution in [0.15, 0.2) is 48.5 Å². The number of amides is 3. The molecule has 1 saturated heterocycles. The largest absolute Gasteiger partial charge is 0.480 e. The minimum absolute atomic E-state index is 0.0996. The molecule has 2 fully saturated rings. The number of carboxylic acids is 1. The lowest BCUT2D eigenvalue weighted by molar-refractivity contribution is -0.151. The third kappa shape index (κ3) is 4.21. The lowest BCUT2D eigenvalue weighted by atomic mass is 9.98. The molecule has 0 radical (unpaired) electrons. The fourth-order valence-corrected chi connectivity index (χ4v) is 4.79. The first-order valence-electron chi connectivity index (χ1n) is 11.4. The maximum absolute atomic E-state index is 13.1. The lowest BCUT2D eigenvalue weighted by Crippen LogP contribution is -2.55. The number of rotatable bonds is 7. The van der Waals surface area contributed by atoms with Gasteiger partial charge in [0.2, 0.25) is 5.91 Å². The van der Waals surface area contributed by atoms with Crippen LogP contribution < -0.4 is 10.7 Å². The monoisotopic (exact) mass is 463 g/mol. The Morgan fingerprint density at radius 1 is 1.06 bits per heavy atom. The number of carbonyl (C=O) groups excluding carboxylic acids is 3. The van der Waals surface area contributed by atoms with Crippen molar-refractivity contribution in [3.8, 4) is 11.1 Å². The molecule has 9 nitrogen and oxygen atoms in total. The van der Waals surface area contributed by atoms with Gasteiger partial charge in [-0.05, 0) is 34.6 Å². The molecule has 3 aliphatic rings. The molecule has 2 aliphatic carbocycles. The number of aliphatic carboxylic acids is 1. The normalized spacial score (nSPS) is 19.7. The zero-order chi connectivity index (χ0) is 23.8. The molecule has 0 spiro atoms. The van der Waals surface area contributed by atoms with Gasteiger partial charge in [0, 0.05) is 5.92 Å². The van der Waals surface area contributed by atoms with E-state index in [2.05, 4.69) is 10.7 Å². The Bertz CT molecular complexity index is 1120. The Morgan fingerprint density at radius 3 is 2.26 bits per heavy atom. The highest BCUT2D eigenvalue weighted by molar-refractivity contribution is 5.96. The van der Waals surface area contributed by atoms with E-state index in [0.717, 1.165) is 40.1 Å². The van der Waals surface area contributed by atoms with Gasteiger partial charge in [-0.15, -0.1) is 0 Å². The Balaban J connectivity index is 1.27. The average molecular weight is 463 g/mol. The van der Waals surface area contributed by atoms with Crippen molar-refractivity contribution in [2.75, 3.05) is 6.61 Å². The Kier molecular flexibility index (Phi) is 5.69. The molecule has 9 heteroatoms. The van der Waals surface area contributed by atoms with Gasteiger partial charge >= 0.3 is 12.1 Å². The molecule has 34 heavy (non-hydrogen) atoms. The number of hydrazine groups is 1. The summed E-state index contributed by atoms with van der Waals surface area (Å²) < 4.78 is 5.56. The maximum Gasteiger partial charge on any atom is 0.407 e. The van der Waals surface area contributed by atoms with Crippen LogP contribution in [0.4, 0.5) is 4.79 Å². The molecule has 1 unspecified atom stereocenters. The van der Waals surface area contributed by atoms with Crippen LogP contribution in [-0.2, 0) is 19.1 Å². The van der Waals surface area contributed by atoms with Gasteiger partial charge in [-0.25, -0.2) is 14.6 Å². The number of carboxylic acid groups (broad SMARTS) is 1. The van der Waals surface area contributed by atoms with Gasteiger partial charge in [-0.1, -0.05) is 61.4 Å². The smallest absolute Gasteiger partial charge is 0.407 e. The second-order valence-electron chi connectivity index (χ2n) is 9.00.